The van der Waals surface area contributed by atoms with Gasteiger partial charge < -0.3 is 91.9 Å². The number of nitrogens with zero attached hydrogens (tertiary/aromatic N) is 1. The molecule has 8 atom stereocenters. The molecule has 99 heavy (non-hydrogen) atoms. The van der Waals surface area contributed by atoms with Crippen molar-refractivity contribution in [2.24, 2.45) is 0 Å². The molecule has 0 spiro atoms. The zero-order valence-corrected chi connectivity index (χ0v) is 65.0. The van der Waals surface area contributed by atoms with Gasteiger partial charge in [-0.2, -0.15) is 108 Å². The molecule has 5 heterocycles. The molecule has 4 N–H and O–H groups in total. The Kier molecular flexibility index (Phi) is 71.1. The van der Waals surface area contributed by atoms with E-state index in [-0.39, 0.29) is 183 Å². The molecule has 2 aromatic rings. The van der Waals surface area contributed by atoms with Crippen LogP contribution in [0.1, 0.15) is 149 Å². The number of carboxylic acids is 1. The number of carbonyl (C=O) groups excluding carboxylic acids is 7. The lowest BCUT2D eigenvalue weighted by molar-refractivity contribution is -0.179. The van der Waals surface area contributed by atoms with Gasteiger partial charge in [-0.1, -0.05) is 78.2 Å². The quantitative estimate of drug-likeness (QED) is 0.0698. The zero-order chi connectivity index (χ0) is 65.9. The maximum Gasteiger partial charge on any atom is 0.338 e. The average molecular weight is 1580 g/mol. The van der Waals surface area contributed by atoms with Gasteiger partial charge in [0.15, 0.2) is 72.0 Å². The van der Waals surface area contributed by atoms with Gasteiger partial charge in [-0.25, -0.2) is 33.6 Å². The smallest absolute Gasteiger partial charge is 0.338 e. The molecule has 7 rings (SSSR count). The number of hydrogen-bond donors (Lipinski definition) is 4. The monoisotopic (exact) mass is 1580 g/mol. The number of ether oxygens (including phenoxy) is 14. The lowest BCUT2D eigenvalue weighted by atomic mass is 9.99. The van der Waals surface area contributed by atoms with Gasteiger partial charge in [0.2, 0.25) is 0 Å². The molecule has 0 radical (unpaired) electrons. The number of fused-ring (bicyclic) bond motifs is 2. The molecular weight excluding hydrogens is 1450 g/mol. The highest BCUT2D eigenvalue weighted by Crippen LogP contribution is 2.33. The molecule has 35 heteroatoms. The van der Waals surface area contributed by atoms with E-state index < -0.39 is 114 Å². The van der Waals surface area contributed by atoms with Crippen LogP contribution in [0.5, 0.6) is 0 Å². The normalized spacial score (nSPS) is 19.6. The number of carbonyl (C=O) groups is 8. The Hall–Kier alpha value is -3.44. The third-order valence-corrected chi connectivity index (χ3v) is 12.6. The summed E-state index contributed by atoms with van der Waals surface area (Å²) in [4.78, 5) is 93.9. The second-order valence-electron chi connectivity index (χ2n) is 21.0. The van der Waals surface area contributed by atoms with Crippen molar-refractivity contribution >= 4 is 156 Å². The Bertz CT molecular complexity index is 2480. The van der Waals surface area contributed by atoms with Crippen molar-refractivity contribution in [3.63, 3.8) is 0 Å². The number of methoxy groups -OCH3 is 2. The van der Waals surface area contributed by atoms with E-state index in [2.05, 4.69) is 45.1 Å². The first-order valence-corrected chi connectivity index (χ1v) is 28.7. The molecular formula is C64H124N2O25S8. The van der Waals surface area contributed by atoms with Crippen LogP contribution in [-0.4, -0.2) is 207 Å². The van der Waals surface area contributed by atoms with E-state index in [4.69, 9.17) is 72.2 Å². The number of rotatable bonds is 17. The van der Waals surface area contributed by atoms with E-state index in [1.54, 1.807) is 102 Å². The largest absolute Gasteiger partial charge is 0.479 e. The van der Waals surface area contributed by atoms with Gasteiger partial charge in [0.25, 0.3) is 5.91 Å². The summed E-state index contributed by atoms with van der Waals surface area (Å²) < 4.78 is 70.1. The van der Waals surface area contributed by atoms with E-state index in [9.17, 15) is 38.4 Å². The summed E-state index contributed by atoms with van der Waals surface area (Å²) in [5.41, 5.74) is 5.37. The number of benzene rings is 2. The standard InChI is InChI=1S/C18H23NO5.C11H18O6.C9H11N.C9H14O6.C8H14O6.C5H12O2.4CH4.8H2S/c1-4-22-17(21)15-14(23-18(2,3)24-15)16(20)19-10-9-12-7-5-6-8-13(12)11-19;1-5-14-9(12)7-8(10(13)15-6-2)17-11(3,4)16-7;1-2-4-9-7-10-6-5-8(9)3-1;1-4-13-8(12)6-5(7(10)11)14-9(2,3)15-6;1-3-13-7(11)5(9)6(10)8(12)14-4-2;1-5(2,6-3)7-4;;;;;;;;;;;;/h5-8,14-15H,4,9-11H2,1-3H3;7-8H,5-6H2,1-4H3;1-4,10H,5-7H2;5-6H,4H2,1-3H3,(H,10,11);5-6,9-10H,3-4H2,1-2H3;1-4H3;4*1H4;8*1H2/t14?,15-;7-,8-;;2*5-,6-;;;;;;;;;;;;;/m00.00............./s1. The van der Waals surface area contributed by atoms with E-state index in [1.807, 2.05) is 32.0 Å². The predicted molar refractivity (Wildman–Crippen MR) is 416 cm³/mol. The third kappa shape index (κ3) is 41.0. The Morgan fingerprint density at radius 2 is 0.758 bits per heavy atom. The fourth-order valence-corrected chi connectivity index (χ4v) is 8.31. The molecule has 27 nitrogen and oxygen atoms in total. The Morgan fingerprint density at radius 3 is 1.06 bits per heavy atom. The lowest BCUT2D eigenvalue weighted by Gasteiger charge is -2.31. The fourth-order valence-electron chi connectivity index (χ4n) is 8.31. The topological polar surface area (TPSA) is 342 Å². The molecule has 5 aliphatic heterocycles. The number of amides is 1. The van der Waals surface area contributed by atoms with Gasteiger partial charge in [-0.15, -0.1) is 0 Å². The van der Waals surface area contributed by atoms with Gasteiger partial charge >= 0.3 is 41.8 Å². The zero-order valence-electron chi connectivity index (χ0n) is 57.0. The molecule has 3 fully saturated rings. The minimum absolute atomic E-state index is 0. The SMILES string of the molecule is C.C.C.C.CCOC(=O)[C@@H](O)[C@H](O)C(=O)OCC.CCOC(=O)[C@H]1OC(C)(C)OC1C(=O)N1CCc2ccccc2C1.CCOC(=O)[C@H]1OC(C)(C)O[C@@H]1C(=O)O.CCOC(=O)[C@H]1OC(C)(C)O[C@@H]1C(=O)OCC.COC(C)(C)OC.S.S.S.S.S.S.S.S.c1ccc2c(c1)CCNC2. The van der Waals surface area contributed by atoms with Crippen LogP contribution in [0, 0.1) is 0 Å². The third-order valence-electron chi connectivity index (χ3n) is 12.6. The summed E-state index contributed by atoms with van der Waals surface area (Å²) in [6.45, 7) is 27.5. The summed E-state index contributed by atoms with van der Waals surface area (Å²) in [6.07, 6.45) is -8.43. The van der Waals surface area contributed by atoms with Crippen molar-refractivity contribution in [3.8, 4) is 0 Å². The van der Waals surface area contributed by atoms with Crippen LogP contribution in [0.25, 0.3) is 0 Å². The van der Waals surface area contributed by atoms with Crippen LogP contribution < -0.4 is 5.32 Å². The molecule has 0 bridgehead atoms. The van der Waals surface area contributed by atoms with Crippen molar-refractivity contribution < 1.29 is 120 Å². The summed E-state index contributed by atoms with van der Waals surface area (Å²) in [5.74, 6) is -9.56. The average Bonchev–Trinajstić information content (AvgIpc) is 1.70. The summed E-state index contributed by atoms with van der Waals surface area (Å²) in [5, 5.41) is 30.3. The van der Waals surface area contributed by atoms with E-state index in [0.717, 1.165) is 25.1 Å². The number of hydrogen-bond acceptors (Lipinski definition) is 25. The number of carboxylic acid groups (broad SMARTS) is 1. The van der Waals surface area contributed by atoms with E-state index >= 15 is 0 Å². The molecule has 0 aliphatic carbocycles. The Labute approximate surface area is 644 Å². The number of aliphatic carboxylic acids is 1. The highest BCUT2D eigenvalue weighted by Gasteiger charge is 2.53. The molecule has 0 saturated carbocycles. The maximum absolute atomic E-state index is 12.9. The van der Waals surface area contributed by atoms with Gasteiger partial charge in [-0.3, -0.25) is 4.79 Å². The minimum atomic E-state index is -1.89. The van der Waals surface area contributed by atoms with Gasteiger partial charge in [-0.05, 0) is 139 Å². The van der Waals surface area contributed by atoms with Crippen LogP contribution in [0.3, 0.4) is 0 Å². The van der Waals surface area contributed by atoms with Crippen molar-refractivity contribution in [3.05, 3.63) is 70.8 Å². The van der Waals surface area contributed by atoms with Crippen molar-refractivity contribution in [1.82, 2.24) is 10.2 Å². The van der Waals surface area contributed by atoms with Crippen molar-refractivity contribution in [2.75, 3.05) is 67.0 Å². The van der Waals surface area contributed by atoms with E-state index in [1.165, 1.54) is 23.1 Å². The summed E-state index contributed by atoms with van der Waals surface area (Å²) >= 11 is 0. The number of aliphatic hydroxyl groups is 2. The van der Waals surface area contributed by atoms with Gasteiger partial charge in [0, 0.05) is 33.9 Å². The number of nitrogens with one attached hydrogen (secondary N) is 1. The van der Waals surface area contributed by atoms with Gasteiger partial charge in [0.1, 0.15) is 0 Å². The molecule has 588 valence electrons. The molecule has 2 aromatic carbocycles. The lowest BCUT2D eigenvalue weighted by Crippen LogP contribution is -2.48. The first kappa shape index (κ1) is 119. The van der Waals surface area contributed by atoms with Crippen LogP contribution in [0.2, 0.25) is 0 Å². The van der Waals surface area contributed by atoms with E-state index in [0.29, 0.717) is 13.1 Å². The molecule has 0 aromatic heterocycles. The summed E-state index contributed by atoms with van der Waals surface area (Å²) in [7, 11) is 3.23. The highest BCUT2D eigenvalue weighted by atomic mass is 32.1. The van der Waals surface area contributed by atoms with Crippen molar-refractivity contribution in [1.29, 1.82) is 0 Å². The molecule has 1 amide bonds. The van der Waals surface area contributed by atoms with Crippen molar-refractivity contribution in [2.45, 2.75) is 225 Å². The molecule has 1 unspecified atom stereocenters. The van der Waals surface area contributed by atoms with Crippen LogP contribution in [0.15, 0.2) is 48.5 Å². The molecule has 3 saturated heterocycles. The first-order chi connectivity index (χ1) is 40.8. The highest BCUT2D eigenvalue weighted by molar-refractivity contribution is 7.60. The second-order valence-corrected chi connectivity index (χ2v) is 21.0. The Morgan fingerprint density at radius 1 is 0.475 bits per heavy atom. The molecule has 5 aliphatic rings. The predicted octanol–water partition coefficient (Wildman–Crippen LogP) is 7.07. The maximum atomic E-state index is 12.9. The number of aliphatic hydroxyl groups excluding tert-OH is 2. The number of esters is 6. The minimum Gasteiger partial charge on any atom is -0.479 e. The van der Waals surface area contributed by atoms with Crippen LogP contribution in [0.4, 0.5) is 0 Å². The van der Waals surface area contributed by atoms with Gasteiger partial charge in [0.05, 0.1) is 39.6 Å². The van der Waals surface area contributed by atoms with Crippen LogP contribution in [-0.2, 0) is 131 Å². The first-order valence-electron chi connectivity index (χ1n) is 28.7. The Balaban J connectivity index is -0.000000105. The summed E-state index contributed by atoms with van der Waals surface area (Å²) in [6, 6.07) is 16.7. The second kappa shape index (κ2) is 58.9. The fraction of sp³-hybridized carbons (Fsp3) is 0.688. The van der Waals surface area contributed by atoms with Crippen LogP contribution >= 0.6 is 108 Å².